The van der Waals surface area contributed by atoms with Crippen LogP contribution in [0.5, 0.6) is 11.5 Å². The highest BCUT2D eigenvalue weighted by Crippen LogP contribution is 2.37. The molecule has 0 N–H and O–H groups in total. The molecular weight excluding hydrogens is 350 g/mol. The van der Waals surface area contributed by atoms with Crippen molar-refractivity contribution in [2.45, 2.75) is 24.8 Å². The first kappa shape index (κ1) is 17.0. The third kappa shape index (κ3) is 3.29. The Morgan fingerprint density at radius 2 is 2.19 bits per heavy atom. The van der Waals surface area contributed by atoms with E-state index in [2.05, 4.69) is 18.0 Å². The van der Waals surface area contributed by atoms with E-state index in [9.17, 15) is 10.1 Å². The molecular formula is C19H19N3O3S. The number of benzene rings is 1. The molecule has 2 aliphatic heterocycles. The number of thioether (sulfide) groups is 1. The van der Waals surface area contributed by atoms with Crippen LogP contribution in [0, 0.1) is 17.2 Å². The zero-order valence-electron chi connectivity index (χ0n) is 14.5. The van der Waals surface area contributed by atoms with Gasteiger partial charge < -0.3 is 14.4 Å². The van der Waals surface area contributed by atoms with E-state index in [4.69, 9.17) is 9.47 Å². The summed E-state index contributed by atoms with van der Waals surface area (Å²) >= 11 is 1.33. The average Bonchev–Trinajstić information content (AvgIpc) is 3.10. The molecule has 0 saturated carbocycles. The largest absolute Gasteiger partial charge is 0.454 e. The van der Waals surface area contributed by atoms with E-state index in [1.54, 1.807) is 6.07 Å². The molecule has 0 aliphatic carbocycles. The number of amides is 1. The van der Waals surface area contributed by atoms with Gasteiger partial charge in [-0.3, -0.25) is 4.79 Å². The Balaban J connectivity index is 1.54. The number of fused-ring (bicyclic) bond motifs is 2. The summed E-state index contributed by atoms with van der Waals surface area (Å²) in [5.41, 5.74) is 1.20. The predicted molar refractivity (Wildman–Crippen MR) is 98.3 cm³/mol. The van der Waals surface area contributed by atoms with Crippen molar-refractivity contribution in [1.82, 2.24) is 9.88 Å². The molecule has 0 unspecified atom stereocenters. The molecule has 134 valence electrons. The van der Waals surface area contributed by atoms with Crippen molar-refractivity contribution in [3.8, 4) is 17.6 Å². The van der Waals surface area contributed by atoms with Gasteiger partial charge in [0.1, 0.15) is 11.1 Å². The number of carbonyl (C=O) groups is 1. The fourth-order valence-corrected chi connectivity index (χ4v) is 4.24. The lowest BCUT2D eigenvalue weighted by atomic mass is 10.0. The van der Waals surface area contributed by atoms with Gasteiger partial charge in [-0.05, 0) is 30.9 Å². The summed E-state index contributed by atoms with van der Waals surface area (Å²) in [5.74, 6) is 2.28. The lowest BCUT2D eigenvalue weighted by molar-refractivity contribution is -0.130. The maximum atomic E-state index is 12.5. The van der Waals surface area contributed by atoms with Crippen LogP contribution in [0.3, 0.4) is 0 Å². The topological polar surface area (TPSA) is 75.5 Å². The molecule has 1 amide bonds. The van der Waals surface area contributed by atoms with Crippen LogP contribution in [0.1, 0.15) is 25.3 Å². The Labute approximate surface area is 156 Å². The van der Waals surface area contributed by atoms with E-state index in [-0.39, 0.29) is 12.7 Å². The maximum Gasteiger partial charge on any atom is 0.232 e. The number of likely N-dealkylation sites (tertiary alicyclic amines) is 1. The number of aromatic nitrogens is 1. The van der Waals surface area contributed by atoms with Gasteiger partial charge in [-0.25, -0.2) is 4.98 Å². The lowest BCUT2D eigenvalue weighted by Gasteiger charge is -2.30. The van der Waals surface area contributed by atoms with Gasteiger partial charge in [-0.2, -0.15) is 5.26 Å². The van der Waals surface area contributed by atoms with Crippen LogP contribution in [-0.4, -0.2) is 41.4 Å². The summed E-state index contributed by atoms with van der Waals surface area (Å²) in [4.78, 5) is 19.0. The monoisotopic (exact) mass is 369 g/mol. The molecule has 1 aromatic heterocycles. The Morgan fingerprint density at radius 3 is 2.96 bits per heavy atom. The van der Waals surface area contributed by atoms with Gasteiger partial charge in [0.2, 0.25) is 12.7 Å². The van der Waals surface area contributed by atoms with Gasteiger partial charge in [0, 0.05) is 24.5 Å². The second-order valence-electron chi connectivity index (χ2n) is 6.73. The van der Waals surface area contributed by atoms with Crippen LogP contribution in [0.25, 0.3) is 10.9 Å². The molecule has 7 heteroatoms. The Morgan fingerprint density at radius 1 is 1.38 bits per heavy atom. The van der Waals surface area contributed by atoms with E-state index >= 15 is 0 Å². The van der Waals surface area contributed by atoms with Gasteiger partial charge in [0.15, 0.2) is 11.5 Å². The molecule has 3 heterocycles. The van der Waals surface area contributed by atoms with E-state index in [0.717, 1.165) is 30.4 Å². The predicted octanol–water partition coefficient (Wildman–Crippen LogP) is 3.19. The molecule has 0 radical (unpaired) electrons. The molecule has 1 atom stereocenters. The third-order valence-corrected chi connectivity index (χ3v) is 5.71. The number of pyridine rings is 1. The minimum Gasteiger partial charge on any atom is -0.454 e. The first-order chi connectivity index (χ1) is 12.6. The van der Waals surface area contributed by atoms with E-state index in [0.29, 0.717) is 33.8 Å². The second kappa shape index (κ2) is 7.04. The van der Waals surface area contributed by atoms with Crippen LogP contribution in [0.15, 0.2) is 23.2 Å². The number of rotatable bonds is 3. The highest BCUT2D eigenvalue weighted by atomic mass is 32.2. The summed E-state index contributed by atoms with van der Waals surface area (Å²) in [6.45, 7) is 4.01. The third-order valence-electron chi connectivity index (χ3n) is 4.74. The van der Waals surface area contributed by atoms with Gasteiger partial charge in [0.25, 0.3) is 0 Å². The van der Waals surface area contributed by atoms with Crippen molar-refractivity contribution in [2.24, 2.45) is 5.92 Å². The molecule has 4 rings (SSSR count). The Bertz CT molecular complexity index is 909. The Kier molecular flexibility index (Phi) is 4.60. The fourth-order valence-electron chi connectivity index (χ4n) is 3.37. The van der Waals surface area contributed by atoms with Gasteiger partial charge >= 0.3 is 0 Å². The lowest BCUT2D eigenvalue weighted by Crippen LogP contribution is -2.40. The Hall–Kier alpha value is -2.46. The zero-order chi connectivity index (χ0) is 18.1. The zero-order valence-corrected chi connectivity index (χ0v) is 15.3. The molecule has 1 aromatic carbocycles. The number of hydrogen-bond donors (Lipinski definition) is 0. The number of nitriles is 1. The quantitative estimate of drug-likeness (QED) is 0.774. The van der Waals surface area contributed by atoms with Crippen molar-refractivity contribution in [3.63, 3.8) is 0 Å². The van der Waals surface area contributed by atoms with Crippen molar-refractivity contribution < 1.29 is 14.3 Å². The van der Waals surface area contributed by atoms with Crippen molar-refractivity contribution in [1.29, 1.82) is 5.26 Å². The van der Waals surface area contributed by atoms with E-state index in [1.165, 1.54) is 18.2 Å². The summed E-state index contributed by atoms with van der Waals surface area (Å²) in [6, 6.07) is 7.63. The second-order valence-corrected chi connectivity index (χ2v) is 7.69. The minimum absolute atomic E-state index is 0.109. The molecule has 2 aromatic rings. The smallest absolute Gasteiger partial charge is 0.232 e. The van der Waals surface area contributed by atoms with Crippen LogP contribution in [0.2, 0.25) is 0 Å². The molecule has 0 bridgehead atoms. The first-order valence-electron chi connectivity index (χ1n) is 8.69. The molecule has 2 aliphatic rings. The van der Waals surface area contributed by atoms with Crippen LogP contribution in [0.4, 0.5) is 0 Å². The van der Waals surface area contributed by atoms with Crippen molar-refractivity contribution in [3.05, 3.63) is 23.8 Å². The van der Waals surface area contributed by atoms with E-state index < -0.39 is 0 Å². The van der Waals surface area contributed by atoms with Gasteiger partial charge in [-0.15, -0.1) is 0 Å². The molecule has 6 nitrogen and oxygen atoms in total. The summed E-state index contributed by atoms with van der Waals surface area (Å²) in [5, 5.41) is 10.9. The van der Waals surface area contributed by atoms with Crippen LogP contribution >= 0.6 is 11.8 Å². The SMILES string of the molecule is C[C@@H]1CCCN(C(=O)CSc2nc3cc4c(cc3cc2C#N)OCO4)C1. The van der Waals surface area contributed by atoms with Gasteiger partial charge in [-0.1, -0.05) is 18.7 Å². The van der Waals surface area contributed by atoms with Gasteiger partial charge in [0.05, 0.1) is 16.8 Å². The molecule has 0 spiro atoms. The number of carbonyl (C=O) groups excluding carboxylic acids is 1. The molecule has 1 fully saturated rings. The summed E-state index contributed by atoms with van der Waals surface area (Å²) < 4.78 is 10.8. The fraction of sp³-hybridized carbons (Fsp3) is 0.421. The van der Waals surface area contributed by atoms with Crippen molar-refractivity contribution >= 4 is 28.6 Å². The van der Waals surface area contributed by atoms with Crippen molar-refractivity contribution in [2.75, 3.05) is 25.6 Å². The number of ether oxygens (including phenoxy) is 2. The van der Waals surface area contributed by atoms with Crippen LogP contribution in [-0.2, 0) is 4.79 Å². The first-order valence-corrected chi connectivity index (χ1v) is 9.67. The number of hydrogen-bond acceptors (Lipinski definition) is 6. The average molecular weight is 369 g/mol. The normalized spacial score (nSPS) is 18.8. The number of piperidine rings is 1. The maximum absolute atomic E-state index is 12.5. The minimum atomic E-state index is 0.109. The molecule has 26 heavy (non-hydrogen) atoms. The number of nitrogens with zero attached hydrogens (tertiary/aromatic N) is 3. The highest BCUT2D eigenvalue weighted by Gasteiger charge is 2.22. The van der Waals surface area contributed by atoms with E-state index in [1.807, 2.05) is 17.0 Å². The highest BCUT2D eigenvalue weighted by molar-refractivity contribution is 8.00. The standard InChI is InChI=1S/C19H19N3O3S/c1-12-3-2-4-22(9-12)18(23)10-26-19-14(8-20)5-13-6-16-17(25-11-24-16)7-15(13)21-19/h5-7,12H,2-4,9-11H2,1H3/t12-/m1/s1. The summed E-state index contributed by atoms with van der Waals surface area (Å²) in [6.07, 6.45) is 2.24. The summed E-state index contributed by atoms with van der Waals surface area (Å²) in [7, 11) is 0. The molecule has 1 saturated heterocycles. The van der Waals surface area contributed by atoms with Crippen LogP contribution < -0.4 is 9.47 Å².